The van der Waals surface area contributed by atoms with Crippen molar-refractivity contribution in [2.45, 2.75) is 6.92 Å². The van der Waals surface area contributed by atoms with Crippen LogP contribution in [0, 0.1) is 0 Å². The lowest BCUT2D eigenvalue weighted by atomic mass is 10.4. The summed E-state index contributed by atoms with van der Waals surface area (Å²) >= 11 is 0. The Morgan fingerprint density at radius 3 is 3.27 bits per heavy atom. The van der Waals surface area contributed by atoms with Crippen molar-refractivity contribution in [3.63, 3.8) is 0 Å². The Labute approximate surface area is 64.1 Å². The van der Waals surface area contributed by atoms with E-state index in [1.54, 1.807) is 12.5 Å². The summed E-state index contributed by atoms with van der Waals surface area (Å²) in [6, 6.07) is 0. The van der Waals surface area contributed by atoms with E-state index in [1.807, 2.05) is 0 Å². The predicted octanol–water partition coefficient (Wildman–Crippen LogP) is -0.473. The highest BCUT2D eigenvalue weighted by atomic mass is 16.7. The first-order valence-electron chi connectivity index (χ1n) is 3.16. The highest BCUT2D eigenvalue weighted by Crippen LogP contribution is 1.91. The molecule has 0 amide bonds. The fraction of sp³-hybridized carbons (Fsp3) is 0.333. The summed E-state index contributed by atoms with van der Waals surface area (Å²) in [5.41, 5.74) is 3.18. The second kappa shape index (κ2) is 3.60. The van der Waals surface area contributed by atoms with E-state index >= 15 is 0 Å². The van der Waals surface area contributed by atoms with Crippen molar-refractivity contribution in [1.29, 1.82) is 0 Å². The summed E-state index contributed by atoms with van der Waals surface area (Å²) in [6.07, 6.45) is 3.24. The van der Waals surface area contributed by atoms with Gasteiger partial charge in [-0.05, 0) is 0 Å². The summed E-state index contributed by atoms with van der Waals surface area (Å²) in [4.78, 5) is 18.7. The molecule has 0 unspecified atom stereocenters. The Bertz CT molecular complexity index is 210. The number of carbonyl (C=O) groups is 1. The van der Waals surface area contributed by atoms with Crippen LogP contribution >= 0.6 is 0 Å². The van der Waals surface area contributed by atoms with Crippen LogP contribution in [0.5, 0.6) is 0 Å². The molecule has 0 aromatic carbocycles. The Morgan fingerprint density at radius 1 is 1.91 bits per heavy atom. The summed E-state index contributed by atoms with van der Waals surface area (Å²) in [7, 11) is 0. The minimum absolute atomic E-state index is 0.375. The summed E-state index contributed by atoms with van der Waals surface area (Å²) in [5.74, 6) is -0.375. The monoisotopic (exact) mass is 155 g/mol. The molecule has 1 aliphatic heterocycles. The second-order valence-corrected chi connectivity index (χ2v) is 2.00. The van der Waals surface area contributed by atoms with Gasteiger partial charge < -0.3 is 10.2 Å². The van der Waals surface area contributed by atoms with Crippen molar-refractivity contribution in [3.05, 3.63) is 11.9 Å². The fourth-order valence-electron chi connectivity index (χ4n) is 0.579. The molecule has 2 N–H and O–H groups in total. The van der Waals surface area contributed by atoms with Gasteiger partial charge in [-0.1, -0.05) is 0 Å². The zero-order valence-electron chi connectivity index (χ0n) is 6.13. The summed E-state index contributed by atoms with van der Waals surface area (Å²) < 4.78 is 0. The molecular weight excluding hydrogens is 146 g/mol. The molecule has 0 atom stereocenters. The Kier molecular flexibility index (Phi) is 2.48. The van der Waals surface area contributed by atoms with Gasteiger partial charge in [0.2, 0.25) is 0 Å². The fourth-order valence-corrected chi connectivity index (χ4v) is 0.579. The van der Waals surface area contributed by atoms with Gasteiger partial charge >= 0.3 is 5.97 Å². The SMILES string of the molecule is CC(=O)ONC1=CNC=NC1. The Balaban J connectivity index is 2.26. The molecule has 0 aliphatic carbocycles. The Morgan fingerprint density at radius 2 is 2.73 bits per heavy atom. The standard InChI is InChI=1S/C6H9N3O2/c1-5(10)11-9-6-2-7-4-8-3-6/h2,4,9H,3H2,1H3,(H,7,8). The van der Waals surface area contributed by atoms with Crippen molar-refractivity contribution < 1.29 is 9.63 Å². The van der Waals surface area contributed by atoms with Gasteiger partial charge in [-0.25, -0.2) is 5.48 Å². The van der Waals surface area contributed by atoms with E-state index in [0.717, 1.165) is 5.70 Å². The molecule has 1 heterocycles. The zero-order chi connectivity index (χ0) is 8.10. The maximum Gasteiger partial charge on any atom is 0.329 e. The van der Waals surface area contributed by atoms with Gasteiger partial charge in [0.05, 0.1) is 18.6 Å². The Hall–Kier alpha value is -1.52. The van der Waals surface area contributed by atoms with Gasteiger partial charge in [-0.2, -0.15) is 0 Å². The molecule has 0 aromatic heterocycles. The second-order valence-electron chi connectivity index (χ2n) is 2.00. The normalized spacial score (nSPS) is 14.8. The number of hydrogen-bond donors (Lipinski definition) is 2. The molecule has 5 heteroatoms. The van der Waals surface area contributed by atoms with Crippen molar-refractivity contribution in [2.75, 3.05) is 6.54 Å². The smallest absolute Gasteiger partial charge is 0.329 e. The zero-order valence-corrected chi connectivity index (χ0v) is 6.13. The molecule has 0 saturated carbocycles. The molecular formula is C6H9N3O2. The number of nitrogens with one attached hydrogen (secondary N) is 2. The lowest BCUT2D eigenvalue weighted by Gasteiger charge is -2.09. The molecule has 0 fully saturated rings. The van der Waals surface area contributed by atoms with E-state index < -0.39 is 0 Å². The van der Waals surface area contributed by atoms with E-state index in [2.05, 4.69) is 20.6 Å². The molecule has 0 saturated heterocycles. The van der Waals surface area contributed by atoms with Gasteiger partial charge in [0.25, 0.3) is 0 Å². The molecule has 0 bridgehead atoms. The number of hydroxylamine groups is 1. The first-order chi connectivity index (χ1) is 5.29. The molecule has 1 aliphatic rings. The van der Waals surface area contributed by atoms with Crippen LogP contribution in [0.25, 0.3) is 0 Å². The predicted molar refractivity (Wildman–Crippen MR) is 39.5 cm³/mol. The van der Waals surface area contributed by atoms with E-state index in [4.69, 9.17) is 0 Å². The largest absolute Gasteiger partial charge is 0.351 e. The molecule has 0 radical (unpaired) electrons. The highest BCUT2D eigenvalue weighted by Gasteiger charge is 1.99. The van der Waals surface area contributed by atoms with E-state index in [9.17, 15) is 4.79 Å². The van der Waals surface area contributed by atoms with E-state index in [1.165, 1.54) is 6.92 Å². The molecule has 0 spiro atoms. The summed E-state index contributed by atoms with van der Waals surface area (Å²) in [5, 5.41) is 2.75. The number of hydrogen-bond acceptors (Lipinski definition) is 5. The number of carbonyl (C=O) groups excluding carboxylic acids is 1. The van der Waals surface area contributed by atoms with Gasteiger partial charge in [-0.3, -0.25) is 9.79 Å². The van der Waals surface area contributed by atoms with Gasteiger partial charge in [0.15, 0.2) is 0 Å². The van der Waals surface area contributed by atoms with Crippen molar-refractivity contribution >= 4 is 12.3 Å². The van der Waals surface area contributed by atoms with E-state index in [-0.39, 0.29) is 5.97 Å². The van der Waals surface area contributed by atoms with Crippen LogP contribution in [0.2, 0.25) is 0 Å². The minimum Gasteiger partial charge on any atom is -0.351 e. The van der Waals surface area contributed by atoms with Crippen LogP contribution in [-0.4, -0.2) is 18.9 Å². The third-order valence-electron chi connectivity index (χ3n) is 1.01. The van der Waals surface area contributed by atoms with Gasteiger partial charge in [0, 0.05) is 13.1 Å². The third-order valence-corrected chi connectivity index (χ3v) is 1.01. The maximum absolute atomic E-state index is 10.3. The van der Waals surface area contributed by atoms with Crippen LogP contribution in [0.4, 0.5) is 0 Å². The van der Waals surface area contributed by atoms with Crippen molar-refractivity contribution in [3.8, 4) is 0 Å². The highest BCUT2D eigenvalue weighted by molar-refractivity contribution is 5.65. The lowest BCUT2D eigenvalue weighted by Crippen LogP contribution is -2.23. The molecule has 5 nitrogen and oxygen atoms in total. The minimum atomic E-state index is -0.375. The van der Waals surface area contributed by atoms with Crippen LogP contribution in [0.3, 0.4) is 0 Å². The first-order valence-corrected chi connectivity index (χ1v) is 3.16. The van der Waals surface area contributed by atoms with Gasteiger partial charge in [0.1, 0.15) is 0 Å². The van der Waals surface area contributed by atoms with E-state index in [0.29, 0.717) is 6.54 Å². The maximum atomic E-state index is 10.3. The number of rotatable bonds is 2. The van der Waals surface area contributed by atoms with Crippen LogP contribution in [0.1, 0.15) is 6.92 Å². The molecule has 11 heavy (non-hydrogen) atoms. The van der Waals surface area contributed by atoms with Crippen molar-refractivity contribution in [1.82, 2.24) is 10.8 Å². The quantitative estimate of drug-likeness (QED) is 0.529. The number of aliphatic imine (C=N–C) groups is 1. The van der Waals surface area contributed by atoms with Crippen LogP contribution < -0.4 is 10.8 Å². The van der Waals surface area contributed by atoms with Crippen LogP contribution in [-0.2, 0) is 9.63 Å². The summed E-state index contributed by atoms with van der Waals surface area (Å²) in [6.45, 7) is 1.83. The third kappa shape index (κ3) is 2.70. The average Bonchev–Trinajstić information content (AvgIpc) is 2.03. The molecule has 0 aromatic rings. The topological polar surface area (TPSA) is 62.7 Å². The molecule has 1 rings (SSSR count). The van der Waals surface area contributed by atoms with Crippen molar-refractivity contribution in [2.24, 2.45) is 4.99 Å². The number of nitrogens with zero attached hydrogens (tertiary/aromatic N) is 1. The average molecular weight is 155 g/mol. The molecule has 60 valence electrons. The first kappa shape index (κ1) is 7.59. The van der Waals surface area contributed by atoms with Crippen LogP contribution in [0.15, 0.2) is 16.9 Å². The van der Waals surface area contributed by atoms with Gasteiger partial charge in [-0.15, -0.1) is 0 Å². The lowest BCUT2D eigenvalue weighted by molar-refractivity contribution is -0.146.